The summed E-state index contributed by atoms with van der Waals surface area (Å²) in [7, 11) is 0. The van der Waals surface area contributed by atoms with Gasteiger partial charge in [0.2, 0.25) is 0 Å². The van der Waals surface area contributed by atoms with Crippen molar-refractivity contribution in [1.29, 1.82) is 0 Å². The van der Waals surface area contributed by atoms with E-state index in [2.05, 4.69) is 4.98 Å². The molecule has 0 amide bonds. The average Bonchev–Trinajstić information content (AvgIpc) is 1.82. The van der Waals surface area contributed by atoms with Crippen molar-refractivity contribution >= 4 is 23.2 Å². The molecule has 0 aromatic carbocycles. The SMILES string of the molecule is Cc1cc(Cl)nc(Cl)c1F. The quantitative estimate of drug-likeness (QED) is 0.559. The summed E-state index contributed by atoms with van der Waals surface area (Å²) < 4.78 is 12.7. The van der Waals surface area contributed by atoms with Gasteiger partial charge in [-0.15, -0.1) is 0 Å². The van der Waals surface area contributed by atoms with E-state index in [0.29, 0.717) is 5.56 Å². The van der Waals surface area contributed by atoms with Gasteiger partial charge in [0.25, 0.3) is 0 Å². The molecular formula is C6H4Cl2FN. The Morgan fingerprint density at radius 3 is 2.60 bits per heavy atom. The Bertz CT molecular complexity index is 239. The highest BCUT2D eigenvalue weighted by Gasteiger charge is 2.04. The van der Waals surface area contributed by atoms with Crippen molar-refractivity contribution < 1.29 is 4.39 Å². The van der Waals surface area contributed by atoms with Gasteiger partial charge in [-0.2, -0.15) is 0 Å². The number of hydrogen-bond donors (Lipinski definition) is 0. The van der Waals surface area contributed by atoms with E-state index in [4.69, 9.17) is 23.2 Å². The molecular weight excluding hydrogens is 176 g/mol. The zero-order valence-electron chi connectivity index (χ0n) is 5.16. The van der Waals surface area contributed by atoms with Crippen molar-refractivity contribution in [3.05, 3.63) is 27.8 Å². The topological polar surface area (TPSA) is 12.9 Å². The van der Waals surface area contributed by atoms with Crippen LogP contribution in [-0.4, -0.2) is 4.98 Å². The first-order valence-corrected chi connectivity index (χ1v) is 3.35. The van der Waals surface area contributed by atoms with E-state index < -0.39 is 5.82 Å². The monoisotopic (exact) mass is 179 g/mol. The summed E-state index contributed by atoms with van der Waals surface area (Å²) >= 11 is 10.8. The van der Waals surface area contributed by atoms with Gasteiger partial charge in [0.1, 0.15) is 5.15 Å². The van der Waals surface area contributed by atoms with Crippen molar-refractivity contribution in [1.82, 2.24) is 4.98 Å². The molecule has 0 radical (unpaired) electrons. The molecule has 0 saturated carbocycles. The lowest BCUT2D eigenvalue weighted by Crippen LogP contribution is -1.87. The number of halogens is 3. The van der Waals surface area contributed by atoms with Crippen molar-refractivity contribution in [2.45, 2.75) is 6.92 Å². The van der Waals surface area contributed by atoms with Crippen LogP contribution in [0.25, 0.3) is 0 Å². The summed E-state index contributed by atoms with van der Waals surface area (Å²) in [6, 6.07) is 1.42. The molecule has 1 nitrogen and oxygen atoms in total. The molecule has 0 N–H and O–H groups in total. The molecule has 0 aliphatic rings. The second-order valence-corrected chi connectivity index (χ2v) is 2.61. The molecule has 54 valence electrons. The highest BCUT2D eigenvalue weighted by Crippen LogP contribution is 2.18. The largest absolute Gasteiger partial charge is 0.221 e. The second kappa shape index (κ2) is 2.72. The molecule has 0 spiro atoms. The molecule has 0 fully saturated rings. The van der Waals surface area contributed by atoms with Crippen LogP contribution in [0.1, 0.15) is 5.56 Å². The van der Waals surface area contributed by atoms with Crippen LogP contribution in [0.3, 0.4) is 0 Å². The van der Waals surface area contributed by atoms with Gasteiger partial charge in [-0.3, -0.25) is 0 Å². The number of pyridine rings is 1. The van der Waals surface area contributed by atoms with Gasteiger partial charge in [0.15, 0.2) is 11.0 Å². The smallest absolute Gasteiger partial charge is 0.166 e. The van der Waals surface area contributed by atoms with Gasteiger partial charge >= 0.3 is 0 Å². The Balaban J connectivity index is 3.31. The third-order valence-electron chi connectivity index (χ3n) is 1.07. The molecule has 0 bridgehead atoms. The molecule has 0 unspecified atom stereocenters. The first-order valence-electron chi connectivity index (χ1n) is 2.59. The lowest BCUT2D eigenvalue weighted by atomic mass is 10.3. The van der Waals surface area contributed by atoms with E-state index in [-0.39, 0.29) is 10.3 Å². The molecule has 0 aliphatic heterocycles. The van der Waals surface area contributed by atoms with Gasteiger partial charge in [-0.05, 0) is 18.6 Å². The summed E-state index contributed by atoms with van der Waals surface area (Å²) in [5.41, 5.74) is 0.407. The maximum Gasteiger partial charge on any atom is 0.166 e. The van der Waals surface area contributed by atoms with Crippen LogP contribution in [-0.2, 0) is 0 Å². The second-order valence-electron chi connectivity index (χ2n) is 1.87. The zero-order chi connectivity index (χ0) is 7.72. The van der Waals surface area contributed by atoms with Crippen molar-refractivity contribution in [3.63, 3.8) is 0 Å². The van der Waals surface area contributed by atoms with Crippen LogP contribution in [0.5, 0.6) is 0 Å². The van der Waals surface area contributed by atoms with Crippen LogP contribution >= 0.6 is 23.2 Å². The Kier molecular flexibility index (Phi) is 2.11. The Hall–Kier alpha value is -0.340. The van der Waals surface area contributed by atoms with Crippen molar-refractivity contribution in [2.75, 3.05) is 0 Å². The molecule has 1 heterocycles. The molecule has 1 aromatic rings. The molecule has 0 saturated heterocycles. The van der Waals surface area contributed by atoms with Gasteiger partial charge in [0, 0.05) is 0 Å². The predicted octanol–water partition coefficient (Wildman–Crippen LogP) is 2.84. The number of rotatable bonds is 0. The Labute approximate surface area is 67.8 Å². The minimum Gasteiger partial charge on any atom is -0.221 e. The molecule has 4 heteroatoms. The van der Waals surface area contributed by atoms with Crippen molar-refractivity contribution in [3.8, 4) is 0 Å². The Morgan fingerprint density at radius 2 is 2.10 bits per heavy atom. The number of hydrogen-bond acceptors (Lipinski definition) is 1. The summed E-state index contributed by atoms with van der Waals surface area (Å²) in [5.74, 6) is -0.508. The predicted molar refractivity (Wildman–Crippen MR) is 39.0 cm³/mol. The molecule has 10 heavy (non-hydrogen) atoms. The van der Waals surface area contributed by atoms with Crippen LogP contribution in [0, 0.1) is 12.7 Å². The summed E-state index contributed by atoms with van der Waals surface area (Å²) in [6.07, 6.45) is 0. The van der Waals surface area contributed by atoms with Crippen LogP contribution in [0.15, 0.2) is 6.07 Å². The van der Waals surface area contributed by atoms with E-state index >= 15 is 0 Å². The number of aromatic nitrogens is 1. The van der Waals surface area contributed by atoms with Gasteiger partial charge in [0.05, 0.1) is 0 Å². The van der Waals surface area contributed by atoms with E-state index in [9.17, 15) is 4.39 Å². The first kappa shape index (κ1) is 7.76. The van der Waals surface area contributed by atoms with Crippen molar-refractivity contribution in [2.24, 2.45) is 0 Å². The Morgan fingerprint density at radius 1 is 1.50 bits per heavy atom. The van der Waals surface area contributed by atoms with Crippen LogP contribution in [0.2, 0.25) is 10.3 Å². The fourth-order valence-electron chi connectivity index (χ4n) is 0.580. The molecule has 1 aromatic heterocycles. The minimum atomic E-state index is -0.508. The number of aryl methyl sites for hydroxylation is 1. The first-order chi connectivity index (χ1) is 4.61. The van der Waals surface area contributed by atoms with E-state index in [1.807, 2.05) is 0 Å². The van der Waals surface area contributed by atoms with Crippen LogP contribution in [0.4, 0.5) is 4.39 Å². The van der Waals surface area contributed by atoms with E-state index in [0.717, 1.165) is 0 Å². The summed E-state index contributed by atoms with van der Waals surface area (Å²) in [6.45, 7) is 1.58. The van der Waals surface area contributed by atoms with Gasteiger partial charge < -0.3 is 0 Å². The average molecular weight is 180 g/mol. The highest BCUT2D eigenvalue weighted by molar-refractivity contribution is 6.32. The fourth-order valence-corrected chi connectivity index (χ4v) is 1.11. The fraction of sp³-hybridized carbons (Fsp3) is 0.167. The van der Waals surface area contributed by atoms with Crippen LogP contribution < -0.4 is 0 Å². The zero-order valence-corrected chi connectivity index (χ0v) is 6.67. The molecule has 0 atom stereocenters. The molecule has 1 rings (SSSR count). The maximum atomic E-state index is 12.7. The third kappa shape index (κ3) is 1.39. The maximum absolute atomic E-state index is 12.7. The van der Waals surface area contributed by atoms with E-state index in [1.165, 1.54) is 6.07 Å². The lowest BCUT2D eigenvalue weighted by molar-refractivity contribution is 0.612. The highest BCUT2D eigenvalue weighted by atomic mass is 35.5. The standard InChI is InChI=1S/C6H4Cl2FN/c1-3-2-4(7)10-6(8)5(3)9/h2H,1H3. The summed E-state index contributed by atoms with van der Waals surface area (Å²) in [4.78, 5) is 3.49. The van der Waals surface area contributed by atoms with Gasteiger partial charge in [-0.1, -0.05) is 23.2 Å². The van der Waals surface area contributed by atoms with Gasteiger partial charge in [-0.25, -0.2) is 9.37 Å². The molecule has 0 aliphatic carbocycles. The number of nitrogens with zero attached hydrogens (tertiary/aromatic N) is 1. The summed E-state index contributed by atoms with van der Waals surface area (Å²) in [5, 5.41) is 0.0360. The van der Waals surface area contributed by atoms with E-state index in [1.54, 1.807) is 6.92 Å². The minimum absolute atomic E-state index is 0.176. The third-order valence-corrected chi connectivity index (χ3v) is 1.51. The lowest BCUT2D eigenvalue weighted by Gasteiger charge is -1.97. The normalized spacial score (nSPS) is 10.0.